The molecule has 10 heavy (non-hydrogen) atoms. The van der Waals surface area contributed by atoms with E-state index in [1.54, 1.807) is 0 Å². The summed E-state index contributed by atoms with van der Waals surface area (Å²) in [6.45, 7) is 2.40. The summed E-state index contributed by atoms with van der Waals surface area (Å²) >= 11 is 0. The summed E-state index contributed by atoms with van der Waals surface area (Å²) < 4.78 is 10.2. The number of hydrogen-bond acceptors (Lipinski definition) is 3. The van der Waals surface area contributed by atoms with Crippen LogP contribution in [0, 0.1) is 0 Å². The van der Waals surface area contributed by atoms with Gasteiger partial charge in [0.05, 0.1) is 13.2 Å². The third-order valence-electron chi connectivity index (χ3n) is 1.40. The van der Waals surface area contributed by atoms with E-state index < -0.39 is 9.76 Å². The average molecular weight is 162 g/mol. The van der Waals surface area contributed by atoms with Crippen molar-refractivity contribution < 1.29 is 14.3 Å². The van der Waals surface area contributed by atoms with Crippen LogP contribution in [-0.2, 0) is 9.47 Å². The molecule has 0 aromatic carbocycles. The predicted octanol–water partition coefficient (Wildman–Crippen LogP) is -0.714. The van der Waals surface area contributed by atoms with Crippen LogP contribution in [0.1, 0.15) is 6.42 Å². The molecule has 0 aliphatic carbocycles. The first kappa shape index (κ1) is 8.20. The molecule has 1 fully saturated rings. The Balaban J connectivity index is 1.68. The number of epoxide rings is 1. The summed E-state index contributed by atoms with van der Waals surface area (Å²) in [6, 6.07) is 0.978. The zero-order valence-corrected chi connectivity index (χ0v) is 7.50. The summed E-state index contributed by atoms with van der Waals surface area (Å²) in [6.07, 6.45) is 1.39. The van der Waals surface area contributed by atoms with E-state index in [1.165, 1.54) is 0 Å². The van der Waals surface area contributed by atoms with Gasteiger partial charge in [0.2, 0.25) is 0 Å². The molecular weight excluding hydrogens is 148 g/mol. The molecule has 1 rings (SSSR count). The van der Waals surface area contributed by atoms with Crippen LogP contribution in [0.25, 0.3) is 0 Å². The van der Waals surface area contributed by atoms with Gasteiger partial charge in [0, 0.05) is 6.61 Å². The van der Waals surface area contributed by atoms with Gasteiger partial charge in [-0.25, -0.2) is 0 Å². The highest BCUT2D eigenvalue weighted by Gasteiger charge is 2.21. The predicted molar refractivity (Wildman–Crippen MR) is 40.7 cm³/mol. The van der Waals surface area contributed by atoms with Crippen LogP contribution in [0.2, 0.25) is 6.04 Å². The molecule has 1 saturated heterocycles. The molecule has 0 radical (unpaired) electrons. The minimum absolute atomic E-state index is 0.381. The molecule has 1 unspecified atom stereocenters. The van der Waals surface area contributed by atoms with Crippen LogP contribution < -0.4 is 0 Å². The summed E-state index contributed by atoms with van der Waals surface area (Å²) in [7, 11) is -0.729. The zero-order chi connectivity index (χ0) is 7.23. The number of ether oxygens (including phenoxy) is 2. The van der Waals surface area contributed by atoms with Gasteiger partial charge in [-0.1, -0.05) is 0 Å². The Hall–Kier alpha value is 0.0969. The molecule has 1 aliphatic heterocycles. The van der Waals surface area contributed by atoms with Crippen LogP contribution in [0.3, 0.4) is 0 Å². The van der Waals surface area contributed by atoms with Crippen molar-refractivity contribution in [3.8, 4) is 0 Å². The Bertz CT molecular complexity index is 85.1. The van der Waals surface area contributed by atoms with E-state index in [0.29, 0.717) is 6.10 Å². The molecule has 0 saturated carbocycles. The second-order valence-electron chi connectivity index (χ2n) is 2.46. The highest BCUT2D eigenvalue weighted by Crippen LogP contribution is 2.08. The Morgan fingerprint density at radius 3 is 3.10 bits per heavy atom. The van der Waals surface area contributed by atoms with Gasteiger partial charge in [0.1, 0.15) is 6.10 Å². The zero-order valence-electron chi connectivity index (χ0n) is 6.08. The Labute approximate surface area is 63.3 Å². The summed E-state index contributed by atoms with van der Waals surface area (Å²) in [5, 5.41) is 0. The third kappa shape index (κ3) is 4.00. The monoisotopic (exact) mass is 162 g/mol. The standard InChI is InChI=1S/C6H14O3Si/c7-10-3-1-2-8-4-6-5-9-6/h6-7H,1-5,10H2. The average Bonchev–Trinajstić information content (AvgIpc) is 2.71. The van der Waals surface area contributed by atoms with E-state index in [-0.39, 0.29) is 0 Å². The lowest BCUT2D eigenvalue weighted by Gasteiger charge is -1.98. The highest BCUT2D eigenvalue weighted by atomic mass is 28.2. The Kier molecular flexibility index (Phi) is 3.97. The van der Waals surface area contributed by atoms with Gasteiger partial charge < -0.3 is 14.3 Å². The first-order valence-corrected chi connectivity index (χ1v) is 5.37. The third-order valence-corrected chi connectivity index (χ3v) is 2.22. The van der Waals surface area contributed by atoms with Crippen molar-refractivity contribution in [2.75, 3.05) is 19.8 Å². The van der Waals surface area contributed by atoms with Crippen LogP contribution in [0.5, 0.6) is 0 Å². The van der Waals surface area contributed by atoms with Crippen molar-refractivity contribution in [2.45, 2.75) is 18.6 Å². The van der Waals surface area contributed by atoms with Crippen molar-refractivity contribution in [3.05, 3.63) is 0 Å². The SMILES string of the molecule is O[SiH2]CCCOCC1CO1. The minimum Gasteiger partial charge on any atom is -0.438 e. The summed E-state index contributed by atoms with van der Waals surface area (Å²) in [5.74, 6) is 0. The topological polar surface area (TPSA) is 42.0 Å². The van der Waals surface area contributed by atoms with Crippen molar-refractivity contribution in [1.29, 1.82) is 0 Å². The fourth-order valence-electron chi connectivity index (χ4n) is 0.695. The molecule has 4 heteroatoms. The second kappa shape index (κ2) is 4.84. The Morgan fingerprint density at radius 2 is 2.50 bits per heavy atom. The molecule has 1 aliphatic rings. The first-order chi connectivity index (χ1) is 4.93. The maximum atomic E-state index is 8.55. The molecule has 0 aromatic rings. The molecule has 60 valence electrons. The number of hydrogen-bond donors (Lipinski definition) is 1. The molecule has 0 spiro atoms. The first-order valence-electron chi connectivity index (χ1n) is 3.73. The van der Waals surface area contributed by atoms with Crippen LogP contribution >= 0.6 is 0 Å². The largest absolute Gasteiger partial charge is 0.438 e. The van der Waals surface area contributed by atoms with Gasteiger partial charge in [-0.3, -0.25) is 0 Å². The summed E-state index contributed by atoms with van der Waals surface area (Å²) in [4.78, 5) is 8.55. The van der Waals surface area contributed by atoms with Gasteiger partial charge in [-0.05, 0) is 12.5 Å². The molecule has 0 aromatic heterocycles. The lowest BCUT2D eigenvalue weighted by molar-refractivity contribution is 0.117. The molecular formula is C6H14O3Si. The van der Waals surface area contributed by atoms with Gasteiger partial charge in [-0.15, -0.1) is 0 Å². The fraction of sp³-hybridized carbons (Fsp3) is 1.00. The van der Waals surface area contributed by atoms with E-state index >= 15 is 0 Å². The van der Waals surface area contributed by atoms with Crippen molar-refractivity contribution in [2.24, 2.45) is 0 Å². The van der Waals surface area contributed by atoms with Gasteiger partial charge in [-0.2, -0.15) is 0 Å². The smallest absolute Gasteiger partial charge is 0.156 e. The van der Waals surface area contributed by atoms with Gasteiger partial charge in [0.25, 0.3) is 0 Å². The van der Waals surface area contributed by atoms with Crippen LogP contribution in [-0.4, -0.2) is 40.5 Å². The molecule has 0 amide bonds. The van der Waals surface area contributed by atoms with Gasteiger partial charge in [0.15, 0.2) is 9.76 Å². The van der Waals surface area contributed by atoms with Crippen molar-refractivity contribution >= 4 is 9.76 Å². The maximum absolute atomic E-state index is 8.55. The quantitative estimate of drug-likeness (QED) is 0.318. The van der Waals surface area contributed by atoms with Crippen molar-refractivity contribution in [3.63, 3.8) is 0 Å². The van der Waals surface area contributed by atoms with Gasteiger partial charge >= 0.3 is 0 Å². The van der Waals surface area contributed by atoms with E-state index in [9.17, 15) is 0 Å². The Morgan fingerprint density at radius 1 is 1.70 bits per heavy atom. The van der Waals surface area contributed by atoms with E-state index in [4.69, 9.17) is 14.3 Å². The van der Waals surface area contributed by atoms with Crippen molar-refractivity contribution in [1.82, 2.24) is 0 Å². The lowest BCUT2D eigenvalue weighted by Crippen LogP contribution is -2.03. The fourth-order valence-corrected chi connectivity index (χ4v) is 1.12. The van der Waals surface area contributed by atoms with E-state index in [1.807, 2.05) is 0 Å². The van der Waals surface area contributed by atoms with E-state index in [0.717, 1.165) is 32.3 Å². The molecule has 3 nitrogen and oxygen atoms in total. The van der Waals surface area contributed by atoms with E-state index in [2.05, 4.69) is 0 Å². The number of rotatable bonds is 6. The maximum Gasteiger partial charge on any atom is 0.156 e. The summed E-state index contributed by atoms with van der Waals surface area (Å²) in [5.41, 5.74) is 0. The second-order valence-corrected chi connectivity index (χ2v) is 3.62. The molecule has 1 N–H and O–H groups in total. The normalized spacial score (nSPS) is 24.3. The molecule has 1 heterocycles. The van der Waals surface area contributed by atoms with Crippen LogP contribution in [0.15, 0.2) is 0 Å². The highest BCUT2D eigenvalue weighted by molar-refractivity contribution is 6.25. The minimum atomic E-state index is -0.729. The van der Waals surface area contributed by atoms with Crippen LogP contribution in [0.4, 0.5) is 0 Å². The lowest BCUT2D eigenvalue weighted by atomic mass is 10.5. The molecule has 1 atom stereocenters. The molecule has 0 bridgehead atoms.